The van der Waals surface area contributed by atoms with Gasteiger partial charge in [-0.1, -0.05) is 15.9 Å². The second kappa shape index (κ2) is 5.67. The van der Waals surface area contributed by atoms with Crippen molar-refractivity contribution in [1.82, 2.24) is 5.32 Å². The Labute approximate surface area is 95.7 Å². The highest BCUT2D eigenvalue weighted by atomic mass is 79.9. The van der Waals surface area contributed by atoms with Crippen LogP contribution in [0.3, 0.4) is 0 Å². The molecule has 0 atom stereocenters. The lowest BCUT2D eigenvalue weighted by Crippen LogP contribution is -2.15. The number of halogens is 1. The smallest absolute Gasteiger partial charge is 0.274 e. The van der Waals surface area contributed by atoms with Crippen LogP contribution in [0.1, 0.15) is 0 Å². The number of hydrogen-bond donors (Lipinski definition) is 1. The summed E-state index contributed by atoms with van der Waals surface area (Å²) in [4.78, 5) is 10.1. The highest BCUT2D eigenvalue weighted by Crippen LogP contribution is 2.25. The lowest BCUT2D eigenvalue weighted by Gasteiger charge is -2.05. The van der Waals surface area contributed by atoms with Gasteiger partial charge in [-0.15, -0.1) is 0 Å². The Morgan fingerprint density at radius 1 is 1.53 bits per heavy atom. The molecule has 0 saturated heterocycles. The molecule has 0 radical (unpaired) electrons. The Morgan fingerprint density at radius 2 is 2.27 bits per heavy atom. The van der Waals surface area contributed by atoms with E-state index >= 15 is 0 Å². The molecule has 0 bridgehead atoms. The maximum atomic E-state index is 10.6. The van der Waals surface area contributed by atoms with Crippen LogP contribution in [0.4, 0.5) is 5.69 Å². The van der Waals surface area contributed by atoms with Gasteiger partial charge in [0.15, 0.2) is 0 Å². The summed E-state index contributed by atoms with van der Waals surface area (Å²) >= 11 is 3.19. The van der Waals surface area contributed by atoms with E-state index in [2.05, 4.69) is 21.2 Å². The second-order valence-corrected chi connectivity index (χ2v) is 3.77. The first-order valence-electron chi connectivity index (χ1n) is 4.36. The largest absolute Gasteiger partial charge is 0.492 e. The SMILES string of the molecule is CNCCOc1cc(Br)cc([N+](=O)[O-])c1. The van der Waals surface area contributed by atoms with Crippen molar-refractivity contribution in [3.05, 3.63) is 32.8 Å². The van der Waals surface area contributed by atoms with Gasteiger partial charge < -0.3 is 10.1 Å². The Morgan fingerprint density at radius 3 is 2.87 bits per heavy atom. The van der Waals surface area contributed by atoms with Gasteiger partial charge in [0.2, 0.25) is 0 Å². The number of nitro groups is 1. The zero-order valence-corrected chi connectivity index (χ0v) is 9.78. The van der Waals surface area contributed by atoms with Crippen molar-refractivity contribution in [3.63, 3.8) is 0 Å². The average molecular weight is 275 g/mol. The number of ether oxygens (including phenoxy) is 1. The third-order valence-electron chi connectivity index (χ3n) is 1.69. The Hall–Kier alpha value is -1.14. The van der Waals surface area contributed by atoms with Crippen molar-refractivity contribution in [2.45, 2.75) is 0 Å². The van der Waals surface area contributed by atoms with Gasteiger partial charge in [0.1, 0.15) is 12.4 Å². The van der Waals surface area contributed by atoms with Gasteiger partial charge in [0, 0.05) is 17.1 Å². The number of benzene rings is 1. The standard InChI is InChI=1S/C9H11BrN2O3/c1-11-2-3-15-9-5-7(10)4-8(6-9)12(13)14/h4-6,11H,2-3H2,1H3. The maximum absolute atomic E-state index is 10.6. The van der Waals surface area contributed by atoms with Crippen molar-refractivity contribution in [3.8, 4) is 5.75 Å². The lowest BCUT2D eigenvalue weighted by molar-refractivity contribution is -0.385. The maximum Gasteiger partial charge on any atom is 0.274 e. The van der Waals surface area contributed by atoms with Crippen LogP contribution in [-0.4, -0.2) is 25.1 Å². The molecule has 0 fully saturated rings. The van der Waals surface area contributed by atoms with Crippen LogP contribution in [0.15, 0.2) is 22.7 Å². The van der Waals surface area contributed by atoms with E-state index in [0.717, 1.165) is 0 Å². The number of likely N-dealkylation sites (N-methyl/N-ethyl adjacent to an activating group) is 1. The van der Waals surface area contributed by atoms with Crippen LogP contribution in [-0.2, 0) is 0 Å². The molecule has 0 saturated carbocycles. The van der Waals surface area contributed by atoms with E-state index < -0.39 is 4.92 Å². The number of hydrogen-bond acceptors (Lipinski definition) is 4. The number of nitro benzene ring substituents is 1. The molecule has 0 aromatic heterocycles. The van der Waals surface area contributed by atoms with E-state index in [4.69, 9.17) is 4.74 Å². The summed E-state index contributed by atoms with van der Waals surface area (Å²) in [7, 11) is 1.81. The van der Waals surface area contributed by atoms with Crippen molar-refractivity contribution in [2.75, 3.05) is 20.2 Å². The van der Waals surface area contributed by atoms with E-state index in [1.807, 2.05) is 7.05 Å². The van der Waals surface area contributed by atoms with Gasteiger partial charge in [0.25, 0.3) is 5.69 Å². The third-order valence-corrected chi connectivity index (χ3v) is 2.15. The molecule has 0 aliphatic rings. The second-order valence-electron chi connectivity index (χ2n) is 2.85. The van der Waals surface area contributed by atoms with Crippen LogP contribution < -0.4 is 10.1 Å². The fourth-order valence-corrected chi connectivity index (χ4v) is 1.47. The predicted octanol–water partition coefficient (Wildman–Crippen LogP) is 1.96. The fourth-order valence-electron chi connectivity index (χ4n) is 1.01. The first kappa shape index (κ1) is 11.9. The van der Waals surface area contributed by atoms with Crippen LogP contribution in [0.5, 0.6) is 5.75 Å². The highest BCUT2D eigenvalue weighted by molar-refractivity contribution is 9.10. The Kier molecular flexibility index (Phi) is 4.51. The van der Waals surface area contributed by atoms with E-state index in [0.29, 0.717) is 23.4 Å². The molecular formula is C9H11BrN2O3. The molecule has 1 N–H and O–H groups in total. The van der Waals surface area contributed by atoms with Gasteiger partial charge in [0.05, 0.1) is 11.0 Å². The minimum atomic E-state index is -0.449. The third kappa shape index (κ3) is 3.85. The fraction of sp³-hybridized carbons (Fsp3) is 0.333. The van der Waals surface area contributed by atoms with Crippen molar-refractivity contribution < 1.29 is 9.66 Å². The summed E-state index contributed by atoms with van der Waals surface area (Å²) in [5, 5.41) is 13.5. The normalized spacial score (nSPS) is 10.0. The summed E-state index contributed by atoms with van der Waals surface area (Å²) in [5.74, 6) is 0.492. The van der Waals surface area contributed by atoms with Crippen LogP contribution in [0.2, 0.25) is 0 Å². The summed E-state index contributed by atoms with van der Waals surface area (Å²) in [6.07, 6.45) is 0. The Bertz CT molecular complexity index is 357. The molecule has 15 heavy (non-hydrogen) atoms. The monoisotopic (exact) mass is 274 g/mol. The summed E-state index contributed by atoms with van der Waals surface area (Å²) < 4.78 is 5.96. The minimum Gasteiger partial charge on any atom is -0.492 e. The van der Waals surface area contributed by atoms with Crippen molar-refractivity contribution in [2.24, 2.45) is 0 Å². The molecule has 6 heteroatoms. The van der Waals surface area contributed by atoms with E-state index in [9.17, 15) is 10.1 Å². The predicted molar refractivity (Wildman–Crippen MR) is 60.2 cm³/mol. The highest BCUT2D eigenvalue weighted by Gasteiger charge is 2.09. The molecule has 82 valence electrons. The molecule has 1 aromatic carbocycles. The molecule has 0 unspecified atom stereocenters. The number of rotatable bonds is 5. The van der Waals surface area contributed by atoms with Gasteiger partial charge in [-0.25, -0.2) is 0 Å². The molecule has 0 spiro atoms. The van der Waals surface area contributed by atoms with Gasteiger partial charge >= 0.3 is 0 Å². The molecule has 5 nitrogen and oxygen atoms in total. The first-order chi connectivity index (χ1) is 7.13. The van der Waals surface area contributed by atoms with E-state index in [-0.39, 0.29) is 5.69 Å². The van der Waals surface area contributed by atoms with Crippen LogP contribution in [0.25, 0.3) is 0 Å². The molecule has 0 amide bonds. The first-order valence-corrected chi connectivity index (χ1v) is 5.15. The van der Waals surface area contributed by atoms with E-state index in [1.54, 1.807) is 6.07 Å². The van der Waals surface area contributed by atoms with Gasteiger partial charge in [-0.3, -0.25) is 10.1 Å². The molecular weight excluding hydrogens is 264 g/mol. The van der Waals surface area contributed by atoms with E-state index in [1.165, 1.54) is 12.1 Å². The summed E-state index contributed by atoms with van der Waals surface area (Å²) in [5.41, 5.74) is 0.0174. The van der Waals surface area contributed by atoms with Crippen LogP contribution >= 0.6 is 15.9 Å². The van der Waals surface area contributed by atoms with Crippen LogP contribution in [0, 0.1) is 10.1 Å². The Balaban J connectivity index is 2.75. The summed E-state index contributed by atoms with van der Waals surface area (Å²) in [6.45, 7) is 1.17. The molecule has 1 aromatic rings. The minimum absolute atomic E-state index is 0.0174. The number of non-ortho nitro benzene ring substituents is 1. The number of nitrogens with one attached hydrogen (secondary N) is 1. The quantitative estimate of drug-likeness (QED) is 0.507. The number of nitrogens with zero attached hydrogens (tertiary/aromatic N) is 1. The molecule has 0 heterocycles. The summed E-state index contributed by atoms with van der Waals surface area (Å²) in [6, 6.07) is 4.54. The average Bonchev–Trinajstić information content (AvgIpc) is 2.17. The molecule has 0 aliphatic carbocycles. The van der Waals surface area contributed by atoms with Crippen molar-refractivity contribution >= 4 is 21.6 Å². The van der Waals surface area contributed by atoms with Gasteiger partial charge in [-0.2, -0.15) is 0 Å². The lowest BCUT2D eigenvalue weighted by atomic mass is 10.3. The van der Waals surface area contributed by atoms with Gasteiger partial charge in [-0.05, 0) is 13.1 Å². The zero-order valence-electron chi connectivity index (χ0n) is 8.20. The van der Waals surface area contributed by atoms with Crippen molar-refractivity contribution in [1.29, 1.82) is 0 Å². The zero-order chi connectivity index (χ0) is 11.3. The molecule has 1 rings (SSSR count). The topological polar surface area (TPSA) is 64.4 Å². The molecule has 0 aliphatic heterocycles.